The number of hydrogen-bond donors (Lipinski definition) is 2. The molecule has 0 spiro atoms. The number of amides is 1. The van der Waals surface area contributed by atoms with E-state index in [2.05, 4.69) is 10.2 Å². The van der Waals surface area contributed by atoms with Crippen LogP contribution in [0.1, 0.15) is 42.9 Å². The van der Waals surface area contributed by atoms with E-state index in [1.165, 1.54) is 12.1 Å². The van der Waals surface area contributed by atoms with Gasteiger partial charge in [0.25, 0.3) is 0 Å². The average molecular weight is 472 g/mol. The minimum Gasteiger partial charge on any atom is -0.379 e. The highest BCUT2D eigenvalue weighted by Gasteiger charge is 2.31. The van der Waals surface area contributed by atoms with E-state index in [4.69, 9.17) is 10.5 Å². The molecule has 0 radical (unpaired) electrons. The van der Waals surface area contributed by atoms with E-state index in [1.807, 2.05) is 0 Å². The summed E-state index contributed by atoms with van der Waals surface area (Å²) >= 11 is 0. The van der Waals surface area contributed by atoms with Gasteiger partial charge in [0.15, 0.2) is 0 Å². The van der Waals surface area contributed by atoms with E-state index in [0.29, 0.717) is 39.3 Å². The first-order valence-electron chi connectivity index (χ1n) is 9.86. The third-order valence-corrected chi connectivity index (χ3v) is 5.77. The Bertz CT molecular complexity index is 656. The Kier molecular flexibility index (Phi) is 10.9. The highest BCUT2D eigenvalue weighted by atomic mass is 35.5. The third-order valence-electron chi connectivity index (χ3n) is 5.77. The van der Waals surface area contributed by atoms with Crippen molar-refractivity contribution in [3.63, 3.8) is 0 Å². The van der Waals surface area contributed by atoms with E-state index in [-0.39, 0.29) is 48.7 Å². The minimum atomic E-state index is -4.36. The molecular formula is C20H30Cl2F3N3O2. The van der Waals surface area contributed by atoms with Crippen LogP contribution in [0.5, 0.6) is 0 Å². The van der Waals surface area contributed by atoms with Crippen molar-refractivity contribution in [3.8, 4) is 0 Å². The fraction of sp³-hybridized carbons (Fsp3) is 0.650. The van der Waals surface area contributed by atoms with E-state index in [9.17, 15) is 18.0 Å². The molecule has 1 unspecified atom stereocenters. The summed E-state index contributed by atoms with van der Waals surface area (Å²) in [4.78, 5) is 14.5. The van der Waals surface area contributed by atoms with Gasteiger partial charge in [-0.15, -0.1) is 24.8 Å². The Morgan fingerprint density at radius 1 is 1.17 bits per heavy atom. The number of hydrogen-bond acceptors (Lipinski definition) is 4. The molecule has 1 aromatic carbocycles. The van der Waals surface area contributed by atoms with Gasteiger partial charge >= 0.3 is 6.18 Å². The molecule has 3 atom stereocenters. The lowest BCUT2D eigenvalue weighted by atomic mass is 9.99. The number of alkyl halides is 3. The maximum Gasteiger partial charge on any atom is 0.416 e. The molecule has 1 saturated carbocycles. The monoisotopic (exact) mass is 471 g/mol. The quantitative estimate of drug-likeness (QED) is 0.665. The lowest BCUT2D eigenvalue weighted by Crippen LogP contribution is -2.44. The Labute approximate surface area is 187 Å². The highest BCUT2D eigenvalue weighted by molar-refractivity contribution is 5.85. The lowest BCUT2D eigenvalue weighted by Gasteiger charge is -2.35. The van der Waals surface area contributed by atoms with Crippen LogP contribution in [0.15, 0.2) is 24.3 Å². The summed E-state index contributed by atoms with van der Waals surface area (Å²) in [6.07, 6.45) is -0.966. The molecule has 30 heavy (non-hydrogen) atoms. The fourth-order valence-corrected chi connectivity index (χ4v) is 4.08. The normalized spacial score (nSPS) is 23.2. The molecule has 1 amide bonds. The van der Waals surface area contributed by atoms with Gasteiger partial charge in [-0.2, -0.15) is 13.2 Å². The molecule has 3 N–H and O–H groups in total. The van der Waals surface area contributed by atoms with Crippen LogP contribution >= 0.6 is 24.8 Å². The van der Waals surface area contributed by atoms with Gasteiger partial charge in [0.1, 0.15) is 0 Å². The fourth-order valence-electron chi connectivity index (χ4n) is 4.08. The summed E-state index contributed by atoms with van der Waals surface area (Å²) in [5.41, 5.74) is 6.13. The van der Waals surface area contributed by atoms with Crippen LogP contribution in [0.4, 0.5) is 13.2 Å². The van der Waals surface area contributed by atoms with E-state index >= 15 is 0 Å². The maximum atomic E-state index is 12.9. The molecule has 1 heterocycles. The second kappa shape index (κ2) is 12.1. The van der Waals surface area contributed by atoms with Crippen LogP contribution in [-0.2, 0) is 15.7 Å². The lowest BCUT2D eigenvalue weighted by molar-refractivity contribution is -0.137. The smallest absolute Gasteiger partial charge is 0.379 e. The number of nitrogens with two attached hydrogens (primary N) is 1. The van der Waals surface area contributed by atoms with Crippen molar-refractivity contribution in [3.05, 3.63) is 35.4 Å². The van der Waals surface area contributed by atoms with Crippen molar-refractivity contribution in [2.75, 3.05) is 32.8 Å². The second-order valence-corrected chi connectivity index (χ2v) is 7.65. The molecule has 10 heteroatoms. The number of rotatable bonds is 6. The number of ether oxygens (including phenoxy) is 1. The Morgan fingerprint density at radius 2 is 1.80 bits per heavy atom. The van der Waals surface area contributed by atoms with E-state index in [0.717, 1.165) is 37.0 Å². The Morgan fingerprint density at radius 3 is 2.33 bits per heavy atom. The molecule has 1 aliphatic heterocycles. The van der Waals surface area contributed by atoms with Crippen molar-refractivity contribution < 1.29 is 22.7 Å². The molecule has 172 valence electrons. The standard InChI is InChI=1S/C20H28F3N3O2.2ClH/c21-20(22,23)16-6-4-14(5-7-16)18(26-8-10-28-11-9-26)13-25-19(27)12-15-2-1-3-17(15)24;;/h4-7,15,17-18H,1-3,8-13,24H2,(H,25,27);2*1H/t15-,17+,18?;;/m0../s1. The van der Waals surface area contributed by atoms with Gasteiger partial charge in [-0.05, 0) is 36.5 Å². The van der Waals surface area contributed by atoms with E-state index in [1.54, 1.807) is 0 Å². The Balaban J connectivity index is 0.00000225. The third kappa shape index (κ3) is 7.27. The van der Waals surface area contributed by atoms with Gasteiger partial charge in [0.05, 0.1) is 24.8 Å². The summed E-state index contributed by atoms with van der Waals surface area (Å²) in [5, 5.41) is 2.97. The van der Waals surface area contributed by atoms with Crippen LogP contribution in [0.25, 0.3) is 0 Å². The summed E-state index contributed by atoms with van der Waals surface area (Å²) in [5.74, 6) is 0.167. The van der Waals surface area contributed by atoms with Gasteiger partial charge < -0.3 is 15.8 Å². The molecule has 2 aliphatic rings. The van der Waals surface area contributed by atoms with Crippen LogP contribution < -0.4 is 11.1 Å². The second-order valence-electron chi connectivity index (χ2n) is 7.65. The molecular weight excluding hydrogens is 442 g/mol. The number of nitrogens with zero attached hydrogens (tertiary/aromatic N) is 1. The topological polar surface area (TPSA) is 67.6 Å². The number of carbonyl (C=O) groups excluding carboxylic acids is 1. The van der Waals surface area contributed by atoms with Gasteiger partial charge in [0, 0.05) is 32.1 Å². The summed E-state index contributed by atoms with van der Waals surface area (Å²) in [7, 11) is 0. The zero-order valence-electron chi connectivity index (χ0n) is 16.7. The summed E-state index contributed by atoms with van der Waals surface area (Å²) in [6.45, 7) is 2.85. The molecule has 5 nitrogen and oxygen atoms in total. The average Bonchev–Trinajstić information content (AvgIpc) is 3.07. The largest absolute Gasteiger partial charge is 0.416 e. The van der Waals surface area contributed by atoms with Gasteiger partial charge in [0.2, 0.25) is 5.91 Å². The van der Waals surface area contributed by atoms with Gasteiger partial charge in [-0.3, -0.25) is 9.69 Å². The van der Waals surface area contributed by atoms with Crippen LogP contribution in [-0.4, -0.2) is 49.7 Å². The number of halogens is 5. The van der Waals surface area contributed by atoms with Gasteiger partial charge in [-0.1, -0.05) is 18.6 Å². The summed E-state index contributed by atoms with van der Waals surface area (Å²) in [6, 6.07) is 5.09. The van der Waals surface area contributed by atoms with Gasteiger partial charge in [-0.25, -0.2) is 0 Å². The molecule has 0 bridgehead atoms. The number of nitrogens with one attached hydrogen (secondary N) is 1. The van der Waals surface area contributed by atoms with Crippen molar-refractivity contribution in [1.82, 2.24) is 10.2 Å². The molecule has 2 fully saturated rings. The van der Waals surface area contributed by atoms with Crippen LogP contribution in [0, 0.1) is 5.92 Å². The minimum absolute atomic E-state index is 0. The molecule has 1 aliphatic carbocycles. The van der Waals surface area contributed by atoms with Crippen LogP contribution in [0.3, 0.4) is 0 Å². The zero-order valence-corrected chi connectivity index (χ0v) is 18.3. The number of morpholine rings is 1. The highest BCUT2D eigenvalue weighted by Crippen LogP contribution is 2.31. The molecule has 0 aromatic heterocycles. The van der Waals surface area contributed by atoms with Crippen molar-refractivity contribution in [2.45, 2.75) is 43.9 Å². The predicted molar refractivity (Wildman–Crippen MR) is 114 cm³/mol. The van der Waals surface area contributed by atoms with Crippen LogP contribution in [0.2, 0.25) is 0 Å². The first-order valence-corrected chi connectivity index (χ1v) is 9.86. The number of carbonyl (C=O) groups is 1. The Hall–Kier alpha value is -1.06. The predicted octanol–water partition coefficient (Wildman–Crippen LogP) is 3.56. The molecule has 3 rings (SSSR count). The SMILES string of the molecule is Cl.Cl.N[C@@H]1CCC[C@H]1CC(=O)NCC(c1ccc(C(F)(F)F)cc1)N1CCOCC1. The number of benzene rings is 1. The first kappa shape index (κ1) is 27.0. The molecule has 1 aromatic rings. The van der Waals surface area contributed by atoms with Crippen molar-refractivity contribution in [2.24, 2.45) is 11.7 Å². The molecule has 1 saturated heterocycles. The van der Waals surface area contributed by atoms with Crippen molar-refractivity contribution in [1.29, 1.82) is 0 Å². The maximum absolute atomic E-state index is 12.9. The van der Waals surface area contributed by atoms with E-state index < -0.39 is 11.7 Å². The summed E-state index contributed by atoms with van der Waals surface area (Å²) < 4.78 is 44.0. The first-order chi connectivity index (χ1) is 13.3. The van der Waals surface area contributed by atoms with Crippen molar-refractivity contribution >= 4 is 30.7 Å². The zero-order chi connectivity index (χ0) is 20.1.